The van der Waals surface area contributed by atoms with Gasteiger partial charge < -0.3 is 20.2 Å². The number of halogens is 1. The van der Waals surface area contributed by atoms with Crippen molar-refractivity contribution in [3.63, 3.8) is 0 Å². The smallest absolute Gasteiger partial charge is 0.123 e. The van der Waals surface area contributed by atoms with E-state index in [0.717, 1.165) is 46.4 Å². The first-order valence-corrected chi connectivity index (χ1v) is 14.9. The number of benzene rings is 5. The van der Waals surface area contributed by atoms with E-state index in [1.54, 1.807) is 24.8 Å². The van der Waals surface area contributed by atoms with Gasteiger partial charge in [0.1, 0.15) is 5.82 Å². The lowest BCUT2D eigenvalue weighted by atomic mass is 10.1. The van der Waals surface area contributed by atoms with Crippen molar-refractivity contribution in [3.8, 4) is 0 Å². The summed E-state index contributed by atoms with van der Waals surface area (Å²) >= 11 is 0. The Balaban J connectivity index is 0.000000171. The number of nitrogens with one attached hydrogen (secondary N) is 3. The predicted octanol–water partition coefficient (Wildman–Crippen LogP) is 9.11. The Kier molecular flexibility index (Phi) is 10.4. The van der Waals surface area contributed by atoms with Crippen LogP contribution in [0, 0.1) is 5.82 Å². The molecule has 3 N–H and O–H groups in total. The molecule has 44 heavy (non-hydrogen) atoms. The lowest BCUT2D eigenvalue weighted by molar-refractivity contribution is 0.627. The molecule has 0 radical (unpaired) electrons. The van der Waals surface area contributed by atoms with Crippen LogP contribution in [0.25, 0.3) is 22.1 Å². The first-order chi connectivity index (χ1) is 21.7. The standard InChI is InChI=1S/C21H19N3.C14H12FN3.C2H6/c1-3-7-17(8-4-1)14-24(15-18-9-5-2-6-10-18)19-11-12-20-21(13-19)23-16-22-20;15-11-3-1-10(2-4-11)8-16-12-5-6-13-14(7-12)18-9-17-13;1-2/h1-13,16H,14-15H2,(H,22,23);1-7,9,16H,8H2,(H,17,18);1-2H3. The maximum atomic E-state index is 12.8. The molecule has 0 aliphatic heterocycles. The Morgan fingerprint density at radius 3 is 1.75 bits per heavy atom. The van der Waals surface area contributed by atoms with E-state index in [0.29, 0.717) is 6.54 Å². The van der Waals surface area contributed by atoms with Gasteiger partial charge in [-0.1, -0.05) is 86.6 Å². The number of rotatable bonds is 8. The minimum Gasteiger partial charge on any atom is -0.381 e. The monoisotopic (exact) mass is 584 g/mol. The first-order valence-electron chi connectivity index (χ1n) is 14.9. The number of aromatic nitrogens is 4. The predicted molar refractivity (Wildman–Crippen MR) is 180 cm³/mol. The molecule has 0 bridgehead atoms. The van der Waals surface area contributed by atoms with Crippen LogP contribution in [-0.4, -0.2) is 19.9 Å². The highest BCUT2D eigenvalue weighted by Crippen LogP contribution is 2.24. The molecule has 0 saturated carbocycles. The second-order valence-corrected chi connectivity index (χ2v) is 10.0. The van der Waals surface area contributed by atoms with Gasteiger partial charge in [-0.2, -0.15) is 0 Å². The largest absolute Gasteiger partial charge is 0.381 e. The minimum atomic E-state index is -0.211. The normalized spacial score (nSPS) is 10.4. The fourth-order valence-corrected chi connectivity index (χ4v) is 4.82. The molecule has 0 aliphatic carbocycles. The average molecular weight is 585 g/mol. The molecule has 6 nitrogen and oxygen atoms in total. The molecule has 0 unspecified atom stereocenters. The van der Waals surface area contributed by atoms with E-state index in [2.05, 4.69) is 109 Å². The van der Waals surface area contributed by atoms with E-state index in [9.17, 15) is 4.39 Å². The van der Waals surface area contributed by atoms with Gasteiger partial charge in [-0.15, -0.1) is 0 Å². The summed E-state index contributed by atoms with van der Waals surface area (Å²) < 4.78 is 12.8. The van der Waals surface area contributed by atoms with Crippen molar-refractivity contribution in [3.05, 3.63) is 156 Å². The number of fused-ring (bicyclic) bond motifs is 2. The SMILES string of the molecule is CC.Fc1ccc(CNc2ccc3nc[nH]c3c2)cc1.c1ccc(CN(Cc2ccccc2)c2ccc3nc[nH]c3c2)cc1. The maximum absolute atomic E-state index is 12.8. The van der Waals surface area contributed by atoms with Gasteiger partial charge in [0.05, 0.1) is 34.7 Å². The fourth-order valence-electron chi connectivity index (χ4n) is 4.82. The number of aromatic amines is 2. The van der Waals surface area contributed by atoms with Crippen LogP contribution >= 0.6 is 0 Å². The van der Waals surface area contributed by atoms with E-state index in [1.807, 2.05) is 32.0 Å². The highest BCUT2D eigenvalue weighted by Gasteiger charge is 2.10. The molecule has 0 saturated heterocycles. The molecule has 222 valence electrons. The highest BCUT2D eigenvalue weighted by molar-refractivity contribution is 5.79. The van der Waals surface area contributed by atoms with Crippen LogP contribution in [0.1, 0.15) is 30.5 Å². The average Bonchev–Trinajstić information content (AvgIpc) is 3.76. The van der Waals surface area contributed by atoms with E-state index in [1.165, 1.54) is 28.9 Å². The van der Waals surface area contributed by atoms with E-state index in [4.69, 9.17) is 0 Å². The third kappa shape index (κ3) is 8.10. The highest BCUT2D eigenvalue weighted by atomic mass is 19.1. The Bertz CT molecular complexity index is 1800. The molecule has 0 spiro atoms. The number of H-pyrrole nitrogens is 2. The minimum absolute atomic E-state index is 0.211. The summed E-state index contributed by atoms with van der Waals surface area (Å²) in [5.41, 5.74) is 9.87. The van der Waals surface area contributed by atoms with Gasteiger partial charge >= 0.3 is 0 Å². The first kappa shape index (κ1) is 30.0. The molecule has 0 aliphatic rings. The lowest BCUT2D eigenvalue weighted by Crippen LogP contribution is -2.22. The van der Waals surface area contributed by atoms with E-state index >= 15 is 0 Å². The third-order valence-corrected chi connectivity index (χ3v) is 7.03. The Hall–Kier alpha value is -5.43. The van der Waals surface area contributed by atoms with Crippen LogP contribution in [0.15, 0.2) is 134 Å². The van der Waals surface area contributed by atoms with Crippen molar-refractivity contribution in [2.24, 2.45) is 0 Å². The summed E-state index contributed by atoms with van der Waals surface area (Å²) in [5, 5.41) is 3.29. The molecule has 0 amide bonds. The lowest BCUT2D eigenvalue weighted by Gasteiger charge is -2.25. The Labute approximate surface area is 257 Å². The molecule has 7 heteroatoms. The molecule has 0 fully saturated rings. The van der Waals surface area contributed by atoms with Crippen LogP contribution in [0.3, 0.4) is 0 Å². The number of imidazole rings is 2. The van der Waals surface area contributed by atoms with Crippen LogP contribution < -0.4 is 10.2 Å². The third-order valence-electron chi connectivity index (χ3n) is 7.03. The van der Waals surface area contributed by atoms with Gasteiger partial charge in [0.25, 0.3) is 0 Å². The topological polar surface area (TPSA) is 72.6 Å². The number of anilines is 2. The van der Waals surface area contributed by atoms with Crippen molar-refractivity contribution in [1.82, 2.24) is 19.9 Å². The molecule has 5 aromatic carbocycles. The zero-order valence-corrected chi connectivity index (χ0v) is 25.0. The summed E-state index contributed by atoms with van der Waals surface area (Å²) in [4.78, 5) is 17.1. The number of hydrogen-bond acceptors (Lipinski definition) is 4. The quantitative estimate of drug-likeness (QED) is 0.167. The van der Waals surface area contributed by atoms with Gasteiger partial charge in [0, 0.05) is 31.0 Å². The van der Waals surface area contributed by atoms with Gasteiger partial charge in [0.15, 0.2) is 0 Å². The van der Waals surface area contributed by atoms with Crippen molar-refractivity contribution in [2.45, 2.75) is 33.5 Å². The molecule has 0 atom stereocenters. The van der Waals surface area contributed by atoms with Crippen molar-refractivity contribution >= 4 is 33.4 Å². The second-order valence-electron chi connectivity index (χ2n) is 10.0. The summed E-state index contributed by atoms with van der Waals surface area (Å²) in [6.45, 7) is 6.41. The van der Waals surface area contributed by atoms with Crippen LogP contribution in [0.5, 0.6) is 0 Å². The Morgan fingerprint density at radius 1 is 0.614 bits per heavy atom. The van der Waals surface area contributed by atoms with Gasteiger partial charge in [-0.05, 0) is 65.2 Å². The Morgan fingerprint density at radius 2 is 1.16 bits per heavy atom. The molecular weight excluding hydrogens is 547 g/mol. The molecule has 7 rings (SSSR count). The van der Waals surface area contributed by atoms with Crippen LogP contribution in [0.2, 0.25) is 0 Å². The van der Waals surface area contributed by atoms with Gasteiger partial charge in [-0.25, -0.2) is 14.4 Å². The molecule has 2 heterocycles. The van der Waals surface area contributed by atoms with Crippen molar-refractivity contribution < 1.29 is 4.39 Å². The van der Waals surface area contributed by atoms with Crippen molar-refractivity contribution in [2.75, 3.05) is 10.2 Å². The summed E-state index contributed by atoms with van der Waals surface area (Å²) in [6.07, 6.45) is 3.42. The van der Waals surface area contributed by atoms with E-state index < -0.39 is 0 Å². The maximum Gasteiger partial charge on any atom is 0.123 e. The van der Waals surface area contributed by atoms with Gasteiger partial charge in [-0.3, -0.25) is 0 Å². The second kappa shape index (κ2) is 15.2. The van der Waals surface area contributed by atoms with Gasteiger partial charge in [0.2, 0.25) is 0 Å². The summed E-state index contributed by atoms with van der Waals surface area (Å²) in [6, 6.07) is 40.0. The van der Waals surface area contributed by atoms with Crippen molar-refractivity contribution in [1.29, 1.82) is 0 Å². The zero-order valence-electron chi connectivity index (χ0n) is 25.0. The molecular formula is C37H37FN6. The number of nitrogens with zero attached hydrogens (tertiary/aromatic N) is 3. The zero-order chi connectivity index (χ0) is 30.6. The van der Waals surface area contributed by atoms with E-state index in [-0.39, 0.29) is 5.82 Å². The number of hydrogen-bond donors (Lipinski definition) is 3. The molecule has 7 aromatic rings. The molecule has 2 aromatic heterocycles. The van der Waals surface area contributed by atoms with Crippen LogP contribution in [-0.2, 0) is 19.6 Å². The summed E-state index contributed by atoms with van der Waals surface area (Å²) in [7, 11) is 0. The van der Waals surface area contributed by atoms with Crippen LogP contribution in [0.4, 0.5) is 15.8 Å². The fraction of sp³-hybridized carbons (Fsp3) is 0.135. The summed E-state index contributed by atoms with van der Waals surface area (Å²) in [5.74, 6) is -0.211.